The second kappa shape index (κ2) is 4.63. The molecular formula is C11H11BrClNO2. The lowest BCUT2D eigenvalue weighted by Crippen LogP contribution is -2.28. The van der Waals surface area contributed by atoms with Gasteiger partial charge in [-0.25, -0.2) is 0 Å². The topological polar surface area (TPSA) is 40.5 Å². The first-order valence-electron chi connectivity index (χ1n) is 5.00. The number of halogens is 2. The summed E-state index contributed by atoms with van der Waals surface area (Å²) >= 11 is 9.28. The van der Waals surface area contributed by atoms with Gasteiger partial charge in [-0.3, -0.25) is 4.79 Å². The Morgan fingerprint density at radius 2 is 2.31 bits per heavy atom. The number of aromatic hydroxyl groups is 1. The van der Waals surface area contributed by atoms with Crippen molar-refractivity contribution in [2.75, 3.05) is 13.1 Å². The molecule has 5 heteroatoms. The number of carbonyl (C=O) groups excluding carboxylic acids is 1. The molecule has 1 heterocycles. The largest absolute Gasteiger partial charge is 0.507 e. The van der Waals surface area contributed by atoms with E-state index in [0.29, 0.717) is 22.9 Å². The zero-order valence-corrected chi connectivity index (χ0v) is 10.8. The number of benzene rings is 1. The van der Waals surface area contributed by atoms with E-state index in [4.69, 9.17) is 11.6 Å². The molecule has 0 radical (unpaired) electrons. The highest BCUT2D eigenvalue weighted by Gasteiger charge is 2.26. The van der Waals surface area contributed by atoms with Gasteiger partial charge < -0.3 is 10.0 Å². The Morgan fingerprint density at radius 1 is 1.56 bits per heavy atom. The first-order valence-corrected chi connectivity index (χ1v) is 6.29. The highest BCUT2D eigenvalue weighted by Crippen LogP contribution is 2.25. The molecule has 1 N–H and O–H groups in total. The van der Waals surface area contributed by atoms with Gasteiger partial charge in [0.15, 0.2) is 0 Å². The van der Waals surface area contributed by atoms with E-state index in [2.05, 4.69) is 15.9 Å². The molecule has 0 saturated carbocycles. The van der Waals surface area contributed by atoms with Crippen LogP contribution in [-0.2, 0) is 0 Å². The number of carbonyl (C=O) groups is 1. The molecule has 0 spiro atoms. The maximum Gasteiger partial charge on any atom is 0.257 e. The second-order valence-electron chi connectivity index (χ2n) is 3.80. The lowest BCUT2D eigenvalue weighted by Gasteiger charge is -2.16. The maximum atomic E-state index is 12.1. The van der Waals surface area contributed by atoms with Crippen molar-refractivity contribution >= 4 is 33.4 Å². The summed E-state index contributed by atoms with van der Waals surface area (Å²) in [6.07, 6.45) is 0.938. The molecule has 16 heavy (non-hydrogen) atoms. The van der Waals surface area contributed by atoms with Crippen LogP contribution < -0.4 is 0 Å². The van der Waals surface area contributed by atoms with Gasteiger partial charge in [0, 0.05) is 22.9 Å². The third-order valence-electron chi connectivity index (χ3n) is 2.61. The van der Waals surface area contributed by atoms with E-state index in [1.165, 1.54) is 12.1 Å². The Hall–Kier alpha value is -0.740. The van der Waals surface area contributed by atoms with Crippen LogP contribution in [0.25, 0.3) is 0 Å². The van der Waals surface area contributed by atoms with Crippen LogP contribution in [-0.4, -0.2) is 33.8 Å². The van der Waals surface area contributed by atoms with Crippen LogP contribution in [0, 0.1) is 0 Å². The van der Waals surface area contributed by atoms with E-state index in [1.807, 2.05) is 0 Å². The van der Waals surface area contributed by atoms with Crippen molar-refractivity contribution in [2.24, 2.45) is 0 Å². The lowest BCUT2D eigenvalue weighted by molar-refractivity contribution is 0.0790. The van der Waals surface area contributed by atoms with Crippen molar-refractivity contribution in [3.63, 3.8) is 0 Å². The van der Waals surface area contributed by atoms with Crippen molar-refractivity contribution in [3.05, 3.63) is 28.8 Å². The number of phenols is 1. The molecule has 1 aliphatic heterocycles. The first-order chi connectivity index (χ1) is 7.58. The number of alkyl halides is 1. The number of phenolic OH excluding ortho intramolecular Hbond substituents is 1. The van der Waals surface area contributed by atoms with Crippen molar-refractivity contribution in [1.82, 2.24) is 4.90 Å². The number of nitrogens with zero attached hydrogens (tertiary/aromatic N) is 1. The molecular weight excluding hydrogens is 293 g/mol. The predicted octanol–water partition coefficient (Wildman–Crippen LogP) is 2.66. The highest BCUT2D eigenvalue weighted by atomic mass is 79.9. The fraction of sp³-hybridized carbons (Fsp3) is 0.364. The quantitative estimate of drug-likeness (QED) is 0.810. The maximum absolute atomic E-state index is 12.1. The second-order valence-corrected chi connectivity index (χ2v) is 5.53. The molecule has 1 atom stereocenters. The van der Waals surface area contributed by atoms with Crippen LogP contribution >= 0.6 is 27.5 Å². The van der Waals surface area contributed by atoms with E-state index in [-0.39, 0.29) is 17.2 Å². The van der Waals surface area contributed by atoms with Crippen LogP contribution in [0.3, 0.4) is 0 Å². The van der Waals surface area contributed by atoms with Gasteiger partial charge in [0.25, 0.3) is 5.91 Å². The third kappa shape index (κ3) is 2.33. The van der Waals surface area contributed by atoms with Gasteiger partial charge in [0.2, 0.25) is 0 Å². The number of hydrogen-bond acceptors (Lipinski definition) is 2. The van der Waals surface area contributed by atoms with Gasteiger partial charge in [-0.15, -0.1) is 0 Å². The molecule has 1 saturated heterocycles. The zero-order valence-electron chi connectivity index (χ0n) is 8.49. The molecule has 1 unspecified atom stereocenters. The summed E-state index contributed by atoms with van der Waals surface area (Å²) in [6.45, 7) is 1.38. The number of hydrogen-bond donors (Lipinski definition) is 1. The van der Waals surface area contributed by atoms with Crippen LogP contribution in [0.15, 0.2) is 18.2 Å². The molecule has 0 aromatic heterocycles. The molecule has 1 aromatic carbocycles. The van der Waals surface area contributed by atoms with Crippen molar-refractivity contribution in [1.29, 1.82) is 0 Å². The molecule has 1 aliphatic rings. The normalized spacial score (nSPS) is 20.1. The van der Waals surface area contributed by atoms with Gasteiger partial charge in [0.1, 0.15) is 5.75 Å². The molecule has 1 aromatic rings. The monoisotopic (exact) mass is 303 g/mol. The molecule has 1 fully saturated rings. The molecule has 0 bridgehead atoms. The van der Waals surface area contributed by atoms with Gasteiger partial charge in [-0.1, -0.05) is 27.5 Å². The standard InChI is InChI=1S/C11H11BrClNO2/c12-7-3-4-14(6-7)11(16)9-5-8(13)1-2-10(9)15/h1-2,5,7,15H,3-4,6H2. The predicted molar refractivity (Wildman–Crippen MR) is 66.4 cm³/mol. The summed E-state index contributed by atoms with van der Waals surface area (Å²) in [4.78, 5) is 14.1. The smallest absolute Gasteiger partial charge is 0.257 e. The summed E-state index contributed by atoms with van der Waals surface area (Å²) in [5.41, 5.74) is 0.272. The number of likely N-dealkylation sites (tertiary alicyclic amines) is 1. The Balaban J connectivity index is 2.23. The van der Waals surface area contributed by atoms with E-state index < -0.39 is 0 Å². The van der Waals surface area contributed by atoms with Crippen LogP contribution in [0.2, 0.25) is 5.02 Å². The molecule has 2 rings (SSSR count). The minimum absolute atomic E-state index is 0.0209. The first kappa shape index (κ1) is 11.7. The molecule has 3 nitrogen and oxygen atoms in total. The van der Waals surface area contributed by atoms with Crippen LogP contribution in [0.4, 0.5) is 0 Å². The lowest BCUT2D eigenvalue weighted by atomic mass is 10.2. The third-order valence-corrected chi connectivity index (χ3v) is 3.59. The van der Waals surface area contributed by atoms with Gasteiger partial charge in [0.05, 0.1) is 5.56 Å². The van der Waals surface area contributed by atoms with E-state index in [1.54, 1.807) is 11.0 Å². The van der Waals surface area contributed by atoms with E-state index >= 15 is 0 Å². The van der Waals surface area contributed by atoms with Crippen LogP contribution in [0.1, 0.15) is 16.8 Å². The summed E-state index contributed by atoms with van der Waals surface area (Å²) in [7, 11) is 0. The highest BCUT2D eigenvalue weighted by molar-refractivity contribution is 9.09. The van der Waals surface area contributed by atoms with Gasteiger partial charge in [-0.2, -0.15) is 0 Å². The van der Waals surface area contributed by atoms with E-state index in [9.17, 15) is 9.90 Å². The minimum Gasteiger partial charge on any atom is -0.507 e. The van der Waals surface area contributed by atoms with Gasteiger partial charge >= 0.3 is 0 Å². The zero-order chi connectivity index (χ0) is 11.7. The Labute approximate surface area is 107 Å². The fourth-order valence-corrected chi connectivity index (χ4v) is 2.48. The SMILES string of the molecule is O=C(c1cc(Cl)ccc1O)N1CCC(Br)C1. The summed E-state index contributed by atoms with van der Waals surface area (Å²) in [6, 6.07) is 4.50. The van der Waals surface area contributed by atoms with Crippen molar-refractivity contribution < 1.29 is 9.90 Å². The number of amides is 1. The minimum atomic E-state index is -0.165. The van der Waals surface area contributed by atoms with Gasteiger partial charge in [-0.05, 0) is 24.6 Å². The van der Waals surface area contributed by atoms with Crippen molar-refractivity contribution in [3.8, 4) is 5.75 Å². The van der Waals surface area contributed by atoms with Crippen LogP contribution in [0.5, 0.6) is 5.75 Å². The Kier molecular flexibility index (Phi) is 3.40. The van der Waals surface area contributed by atoms with Crippen molar-refractivity contribution in [2.45, 2.75) is 11.2 Å². The summed E-state index contributed by atoms with van der Waals surface area (Å²) in [5.74, 6) is -0.186. The summed E-state index contributed by atoms with van der Waals surface area (Å²) in [5, 5.41) is 10.1. The Bertz CT molecular complexity index is 424. The van der Waals surface area contributed by atoms with E-state index in [0.717, 1.165) is 6.42 Å². The number of rotatable bonds is 1. The molecule has 1 amide bonds. The average Bonchev–Trinajstić information content (AvgIpc) is 2.67. The average molecular weight is 305 g/mol. The Morgan fingerprint density at radius 3 is 2.94 bits per heavy atom. The fourth-order valence-electron chi connectivity index (χ4n) is 1.75. The molecule has 0 aliphatic carbocycles. The summed E-state index contributed by atoms with van der Waals surface area (Å²) < 4.78 is 0. The molecule has 86 valence electrons.